The molecule has 0 saturated heterocycles. The summed E-state index contributed by atoms with van der Waals surface area (Å²) in [6.45, 7) is 5.31. The molecular weight excluding hydrogens is 204 g/mol. The lowest BCUT2D eigenvalue weighted by molar-refractivity contribution is 0.701. The van der Waals surface area contributed by atoms with Crippen molar-refractivity contribution < 1.29 is 0 Å². The zero-order valence-electron chi connectivity index (χ0n) is 9.71. The van der Waals surface area contributed by atoms with Gasteiger partial charge in [0.2, 0.25) is 0 Å². The summed E-state index contributed by atoms with van der Waals surface area (Å²) in [7, 11) is 0. The highest BCUT2D eigenvalue weighted by atomic mass is 32.2. The monoisotopic (exact) mass is 224 g/mol. The molecule has 3 heteroatoms. The number of nitrogens with two attached hydrogens (primary N) is 1. The normalized spacial score (nSPS) is 12.5. The van der Waals surface area contributed by atoms with E-state index in [2.05, 4.69) is 31.5 Å². The zero-order valence-corrected chi connectivity index (χ0v) is 10.5. The molecule has 0 aliphatic heterocycles. The molecule has 0 spiro atoms. The predicted octanol–water partition coefficient (Wildman–Crippen LogP) is 2.99. The first-order valence-corrected chi connectivity index (χ1v) is 6.62. The second-order valence-corrected chi connectivity index (χ2v) is 4.89. The van der Waals surface area contributed by atoms with Crippen LogP contribution in [0.5, 0.6) is 0 Å². The van der Waals surface area contributed by atoms with Gasteiger partial charge in [0, 0.05) is 6.54 Å². The molecule has 0 heterocycles. The summed E-state index contributed by atoms with van der Waals surface area (Å²) >= 11 is 1.88. The van der Waals surface area contributed by atoms with Gasteiger partial charge in [0.05, 0.1) is 11.4 Å². The summed E-state index contributed by atoms with van der Waals surface area (Å²) in [6, 6.07) is 6.01. The van der Waals surface area contributed by atoms with Gasteiger partial charge in [-0.2, -0.15) is 11.8 Å². The van der Waals surface area contributed by atoms with Gasteiger partial charge in [-0.25, -0.2) is 0 Å². The fraction of sp³-hybridized carbons (Fsp3) is 0.500. The Morgan fingerprint density at radius 2 is 2.20 bits per heavy atom. The highest BCUT2D eigenvalue weighted by Crippen LogP contribution is 2.22. The van der Waals surface area contributed by atoms with E-state index in [1.54, 1.807) is 0 Å². The van der Waals surface area contributed by atoms with Gasteiger partial charge in [-0.05, 0) is 36.5 Å². The zero-order chi connectivity index (χ0) is 11.3. The van der Waals surface area contributed by atoms with Crippen LogP contribution in [0.4, 0.5) is 11.4 Å². The number of aryl methyl sites for hydroxylation is 1. The Morgan fingerprint density at radius 1 is 1.47 bits per heavy atom. The number of nitrogens with one attached hydrogen (secondary N) is 1. The second-order valence-electron chi connectivity index (χ2n) is 3.98. The highest BCUT2D eigenvalue weighted by molar-refractivity contribution is 7.98. The molecule has 3 N–H and O–H groups in total. The van der Waals surface area contributed by atoms with E-state index in [0.717, 1.165) is 17.9 Å². The van der Waals surface area contributed by atoms with Crippen LogP contribution < -0.4 is 11.1 Å². The predicted molar refractivity (Wildman–Crippen MR) is 71.6 cm³/mol. The minimum Gasteiger partial charge on any atom is -0.397 e. The number of anilines is 2. The molecule has 0 aromatic heterocycles. The molecule has 1 unspecified atom stereocenters. The number of rotatable bonds is 5. The van der Waals surface area contributed by atoms with Crippen LogP contribution in [0.3, 0.4) is 0 Å². The molecule has 1 aromatic carbocycles. The topological polar surface area (TPSA) is 38.0 Å². The largest absolute Gasteiger partial charge is 0.397 e. The number of hydrogen-bond donors (Lipinski definition) is 2. The van der Waals surface area contributed by atoms with Crippen LogP contribution in [0.15, 0.2) is 18.2 Å². The van der Waals surface area contributed by atoms with Gasteiger partial charge in [-0.1, -0.05) is 19.1 Å². The summed E-state index contributed by atoms with van der Waals surface area (Å²) in [4.78, 5) is 0. The van der Waals surface area contributed by atoms with Crippen LogP contribution in [-0.2, 0) is 0 Å². The first kappa shape index (κ1) is 12.2. The summed E-state index contributed by atoms with van der Waals surface area (Å²) in [5, 5.41) is 3.43. The van der Waals surface area contributed by atoms with Gasteiger partial charge in [0.1, 0.15) is 0 Å². The molecule has 0 aliphatic rings. The molecule has 1 aromatic rings. The third kappa shape index (κ3) is 3.67. The molecule has 15 heavy (non-hydrogen) atoms. The van der Waals surface area contributed by atoms with Crippen molar-refractivity contribution in [3.05, 3.63) is 23.8 Å². The molecule has 0 amide bonds. The maximum atomic E-state index is 5.91. The summed E-state index contributed by atoms with van der Waals surface area (Å²) in [5.41, 5.74) is 9.06. The maximum Gasteiger partial charge on any atom is 0.0603 e. The number of thioether (sulfide) groups is 1. The van der Waals surface area contributed by atoms with Crippen LogP contribution in [0.25, 0.3) is 0 Å². The first-order chi connectivity index (χ1) is 7.15. The number of para-hydroxylation sites is 1. The number of hydrogen-bond acceptors (Lipinski definition) is 3. The first-order valence-electron chi connectivity index (χ1n) is 5.23. The van der Waals surface area contributed by atoms with Crippen molar-refractivity contribution in [1.29, 1.82) is 0 Å². The van der Waals surface area contributed by atoms with Crippen LogP contribution >= 0.6 is 11.8 Å². The van der Waals surface area contributed by atoms with Crippen molar-refractivity contribution in [2.24, 2.45) is 5.92 Å². The van der Waals surface area contributed by atoms with Crippen molar-refractivity contribution in [1.82, 2.24) is 0 Å². The van der Waals surface area contributed by atoms with E-state index in [0.29, 0.717) is 5.92 Å². The van der Waals surface area contributed by atoms with Crippen molar-refractivity contribution in [3.8, 4) is 0 Å². The SMILES string of the molecule is CSCC(C)CNc1c(C)cccc1N. The molecule has 0 bridgehead atoms. The van der Waals surface area contributed by atoms with Crippen LogP contribution in [-0.4, -0.2) is 18.6 Å². The van der Waals surface area contributed by atoms with E-state index in [-0.39, 0.29) is 0 Å². The Morgan fingerprint density at radius 3 is 2.80 bits per heavy atom. The Bertz CT molecular complexity index is 292. The van der Waals surface area contributed by atoms with Crippen molar-refractivity contribution >= 4 is 23.1 Å². The van der Waals surface area contributed by atoms with Gasteiger partial charge in [0.15, 0.2) is 0 Å². The van der Waals surface area contributed by atoms with E-state index in [1.807, 2.05) is 23.9 Å². The van der Waals surface area contributed by atoms with Crippen molar-refractivity contribution in [2.45, 2.75) is 13.8 Å². The van der Waals surface area contributed by atoms with Gasteiger partial charge < -0.3 is 11.1 Å². The Labute approximate surface area is 96.6 Å². The summed E-state index contributed by atoms with van der Waals surface area (Å²) < 4.78 is 0. The third-order valence-corrected chi connectivity index (χ3v) is 3.29. The quantitative estimate of drug-likeness (QED) is 0.755. The minimum absolute atomic E-state index is 0.666. The Kier molecular flexibility index (Phi) is 4.82. The van der Waals surface area contributed by atoms with E-state index < -0.39 is 0 Å². The molecular formula is C12H20N2S. The fourth-order valence-corrected chi connectivity index (χ4v) is 2.24. The Hall–Kier alpha value is -0.830. The highest BCUT2D eigenvalue weighted by Gasteiger charge is 2.04. The molecule has 0 saturated carbocycles. The standard InChI is InChI=1S/C12H20N2S/c1-9(8-15-3)7-14-12-10(2)5-4-6-11(12)13/h4-6,9,14H,7-8,13H2,1-3H3. The van der Waals surface area contributed by atoms with Gasteiger partial charge in [-0.15, -0.1) is 0 Å². The van der Waals surface area contributed by atoms with Crippen LogP contribution in [0.2, 0.25) is 0 Å². The lowest BCUT2D eigenvalue weighted by Gasteiger charge is -2.15. The molecule has 2 nitrogen and oxygen atoms in total. The van der Waals surface area contributed by atoms with Crippen molar-refractivity contribution in [2.75, 3.05) is 29.6 Å². The van der Waals surface area contributed by atoms with Gasteiger partial charge >= 0.3 is 0 Å². The van der Waals surface area contributed by atoms with Crippen molar-refractivity contribution in [3.63, 3.8) is 0 Å². The molecule has 84 valence electrons. The lowest BCUT2D eigenvalue weighted by Crippen LogP contribution is -2.14. The van der Waals surface area contributed by atoms with E-state index in [9.17, 15) is 0 Å². The number of nitrogen functional groups attached to an aromatic ring is 1. The molecule has 0 fully saturated rings. The molecule has 0 aliphatic carbocycles. The lowest BCUT2D eigenvalue weighted by atomic mass is 10.1. The molecule has 1 rings (SSSR count). The summed E-state index contributed by atoms with van der Waals surface area (Å²) in [6.07, 6.45) is 2.14. The average molecular weight is 224 g/mol. The molecule has 1 atom stereocenters. The van der Waals surface area contributed by atoms with E-state index in [1.165, 1.54) is 11.3 Å². The van der Waals surface area contributed by atoms with E-state index in [4.69, 9.17) is 5.73 Å². The minimum atomic E-state index is 0.666. The Balaban J connectivity index is 2.57. The van der Waals surface area contributed by atoms with Crippen LogP contribution in [0.1, 0.15) is 12.5 Å². The van der Waals surface area contributed by atoms with Gasteiger partial charge in [-0.3, -0.25) is 0 Å². The van der Waals surface area contributed by atoms with Crippen LogP contribution in [0, 0.1) is 12.8 Å². The van der Waals surface area contributed by atoms with Gasteiger partial charge in [0.25, 0.3) is 0 Å². The smallest absolute Gasteiger partial charge is 0.0603 e. The third-order valence-electron chi connectivity index (χ3n) is 2.38. The molecule has 0 radical (unpaired) electrons. The number of benzene rings is 1. The summed E-state index contributed by atoms with van der Waals surface area (Å²) in [5.74, 6) is 1.85. The van der Waals surface area contributed by atoms with E-state index >= 15 is 0 Å². The maximum absolute atomic E-state index is 5.91. The average Bonchev–Trinajstić information content (AvgIpc) is 2.17. The fourth-order valence-electron chi connectivity index (χ4n) is 1.55. The second kappa shape index (κ2) is 5.91.